The highest BCUT2D eigenvalue weighted by atomic mass is 79.9. The molecule has 30 heavy (non-hydrogen) atoms. The second kappa shape index (κ2) is 8.05. The molecular formula is C24H23BrN2O2S. The maximum Gasteiger partial charge on any atom is 0.292 e. The molecule has 154 valence electrons. The molecule has 2 aromatic heterocycles. The topological polar surface area (TPSA) is 66.0 Å². The van der Waals surface area contributed by atoms with Crippen molar-refractivity contribution in [2.24, 2.45) is 11.3 Å². The van der Waals surface area contributed by atoms with Crippen LogP contribution < -0.4 is 5.32 Å². The number of anilines is 1. The van der Waals surface area contributed by atoms with Crippen LogP contribution in [0.2, 0.25) is 0 Å². The standard InChI is InChI=1S/C24H23BrN2O2S/c1-24(2,3)15-6-9-17-18(13-26)23(30-21(17)12-15)27-22(28)20-11-10-19(29-20)14-4-7-16(25)8-5-14/h4-5,7-8,10-11,15H,6,9,12H2,1-3H3,(H,27,28)/t15-/m1/s1. The van der Waals surface area contributed by atoms with Crippen LogP contribution in [0.3, 0.4) is 0 Å². The SMILES string of the molecule is CC(C)(C)[C@@H]1CCc2c(sc(NC(=O)c3ccc(-c4ccc(Br)cc4)o3)c2C#N)C1. The molecule has 4 nitrogen and oxygen atoms in total. The van der Waals surface area contributed by atoms with Crippen molar-refractivity contribution in [1.29, 1.82) is 5.26 Å². The van der Waals surface area contributed by atoms with Gasteiger partial charge in [-0.3, -0.25) is 4.79 Å². The van der Waals surface area contributed by atoms with Gasteiger partial charge in [-0.2, -0.15) is 5.26 Å². The van der Waals surface area contributed by atoms with Crippen LogP contribution in [0.15, 0.2) is 45.3 Å². The number of thiophene rings is 1. The molecule has 1 atom stereocenters. The zero-order valence-corrected chi connectivity index (χ0v) is 19.6. The van der Waals surface area contributed by atoms with Crippen LogP contribution in [0, 0.1) is 22.7 Å². The van der Waals surface area contributed by atoms with Gasteiger partial charge in [-0.15, -0.1) is 11.3 Å². The van der Waals surface area contributed by atoms with Gasteiger partial charge >= 0.3 is 0 Å². The highest BCUT2D eigenvalue weighted by molar-refractivity contribution is 9.10. The smallest absolute Gasteiger partial charge is 0.292 e. The molecule has 0 radical (unpaired) electrons. The Hall–Kier alpha value is -2.36. The summed E-state index contributed by atoms with van der Waals surface area (Å²) in [6.07, 6.45) is 2.92. The summed E-state index contributed by atoms with van der Waals surface area (Å²) in [4.78, 5) is 14.0. The van der Waals surface area contributed by atoms with E-state index in [1.165, 1.54) is 16.2 Å². The number of carbonyl (C=O) groups is 1. The van der Waals surface area contributed by atoms with Crippen molar-refractivity contribution in [2.45, 2.75) is 40.0 Å². The second-order valence-corrected chi connectivity index (χ2v) is 10.8. The van der Waals surface area contributed by atoms with Gasteiger partial charge in [0, 0.05) is 14.9 Å². The van der Waals surface area contributed by atoms with Crippen molar-refractivity contribution in [3.63, 3.8) is 0 Å². The van der Waals surface area contributed by atoms with E-state index in [1.807, 2.05) is 24.3 Å². The predicted molar refractivity (Wildman–Crippen MR) is 124 cm³/mol. The minimum atomic E-state index is -0.333. The average Bonchev–Trinajstić information content (AvgIpc) is 3.31. The third-order valence-electron chi connectivity index (χ3n) is 5.79. The van der Waals surface area contributed by atoms with Gasteiger partial charge in [-0.05, 0) is 60.4 Å². The number of hydrogen-bond acceptors (Lipinski definition) is 4. The van der Waals surface area contributed by atoms with E-state index in [9.17, 15) is 10.1 Å². The summed E-state index contributed by atoms with van der Waals surface area (Å²) in [5.74, 6) is 1.11. The summed E-state index contributed by atoms with van der Waals surface area (Å²) >= 11 is 4.95. The Labute approximate surface area is 189 Å². The highest BCUT2D eigenvalue weighted by Gasteiger charge is 2.32. The maximum atomic E-state index is 12.8. The summed E-state index contributed by atoms with van der Waals surface area (Å²) < 4.78 is 6.76. The Bertz CT molecular complexity index is 1130. The number of hydrogen-bond donors (Lipinski definition) is 1. The van der Waals surface area contributed by atoms with Crippen molar-refractivity contribution in [3.05, 3.63) is 62.6 Å². The number of amides is 1. The van der Waals surface area contributed by atoms with Crippen LogP contribution in [-0.4, -0.2) is 5.91 Å². The van der Waals surface area contributed by atoms with Crippen LogP contribution in [0.4, 0.5) is 5.00 Å². The first-order valence-corrected chi connectivity index (χ1v) is 11.6. The molecule has 0 bridgehead atoms. The van der Waals surface area contributed by atoms with E-state index in [0.717, 1.165) is 34.9 Å². The Kier molecular flexibility index (Phi) is 5.61. The summed E-state index contributed by atoms with van der Waals surface area (Å²) in [7, 11) is 0. The average molecular weight is 483 g/mol. The fraction of sp³-hybridized carbons (Fsp3) is 0.333. The van der Waals surface area contributed by atoms with Crippen LogP contribution in [0.1, 0.15) is 53.8 Å². The first-order valence-electron chi connectivity index (χ1n) is 9.98. The van der Waals surface area contributed by atoms with Crippen molar-refractivity contribution in [1.82, 2.24) is 0 Å². The zero-order valence-electron chi connectivity index (χ0n) is 17.2. The zero-order chi connectivity index (χ0) is 21.5. The van der Waals surface area contributed by atoms with Crippen LogP contribution >= 0.6 is 27.3 Å². The number of nitriles is 1. The Balaban J connectivity index is 1.55. The summed E-state index contributed by atoms with van der Waals surface area (Å²) in [5.41, 5.74) is 2.84. The fourth-order valence-corrected chi connectivity index (χ4v) is 5.46. The van der Waals surface area contributed by atoms with E-state index in [1.54, 1.807) is 12.1 Å². The third kappa shape index (κ3) is 4.10. The van der Waals surface area contributed by atoms with Gasteiger partial charge < -0.3 is 9.73 Å². The van der Waals surface area contributed by atoms with E-state index in [4.69, 9.17) is 4.42 Å². The molecule has 1 aliphatic rings. The molecular weight excluding hydrogens is 460 g/mol. The first-order chi connectivity index (χ1) is 14.3. The van der Waals surface area contributed by atoms with Gasteiger partial charge in [-0.1, -0.05) is 48.8 Å². The Morgan fingerprint density at radius 1 is 1.23 bits per heavy atom. The summed E-state index contributed by atoms with van der Waals surface area (Å²) in [5, 5.41) is 13.3. The lowest BCUT2D eigenvalue weighted by Gasteiger charge is -2.33. The summed E-state index contributed by atoms with van der Waals surface area (Å²) in [6, 6.07) is 13.5. The first kappa shape index (κ1) is 20.9. The van der Waals surface area contributed by atoms with E-state index >= 15 is 0 Å². The third-order valence-corrected chi connectivity index (χ3v) is 7.49. The van der Waals surface area contributed by atoms with Crippen LogP contribution in [0.5, 0.6) is 0 Å². The number of nitrogens with zero attached hydrogens (tertiary/aromatic N) is 1. The van der Waals surface area contributed by atoms with E-state index in [0.29, 0.717) is 22.2 Å². The van der Waals surface area contributed by atoms with Crippen LogP contribution in [0.25, 0.3) is 11.3 Å². The van der Waals surface area contributed by atoms with E-state index in [2.05, 4.69) is 48.1 Å². The summed E-state index contributed by atoms with van der Waals surface area (Å²) in [6.45, 7) is 6.80. The normalized spacial score (nSPS) is 16.0. The van der Waals surface area contributed by atoms with Gasteiger partial charge in [0.15, 0.2) is 5.76 Å². The van der Waals surface area contributed by atoms with Gasteiger partial charge in [-0.25, -0.2) is 0 Å². The molecule has 4 rings (SSSR count). The van der Waals surface area contributed by atoms with Crippen LogP contribution in [-0.2, 0) is 12.8 Å². The largest absolute Gasteiger partial charge is 0.451 e. The van der Waals surface area contributed by atoms with E-state index in [-0.39, 0.29) is 17.1 Å². The molecule has 0 unspecified atom stereocenters. The maximum absolute atomic E-state index is 12.8. The van der Waals surface area contributed by atoms with Gasteiger partial charge in [0.05, 0.1) is 5.56 Å². The lowest BCUT2D eigenvalue weighted by Crippen LogP contribution is -2.26. The van der Waals surface area contributed by atoms with Gasteiger partial charge in [0.25, 0.3) is 5.91 Å². The van der Waals surface area contributed by atoms with Crippen molar-refractivity contribution in [2.75, 3.05) is 5.32 Å². The minimum absolute atomic E-state index is 0.232. The molecule has 1 aliphatic carbocycles. The quantitative estimate of drug-likeness (QED) is 0.434. The lowest BCUT2D eigenvalue weighted by atomic mass is 9.72. The molecule has 1 N–H and O–H groups in total. The molecule has 1 aromatic carbocycles. The predicted octanol–water partition coefficient (Wildman–Crippen LogP) is 7.05. The molecule has 6 heteroatoms. The molecule has 0 saturated heterocycles. The van der Waals surface area contributed by atoms with E-state index < -0.39 is 0 Å². The number of nitrogens with one attached hydrogen (secondary N) is 1. The number of halogens is 1. The number of benzene rings is 1. The Morgan fingerprint density at radius 3 is 2.63 bits per heavy atom. The lowest BCUT2D eigenvalue weighted by molar-refractivity contribution is 0.0998. The van der Waals surface area contributed by atoms with Crippen molar-refractivity contribution >= 4 is 38.2 Å². The van der Waals surface area contributed by atoms with Crippen molar-refractivity contribution in [3.8, 4) is 17.4 Å². The second-order valence-electron chi connectivity index (χ2n) is 8.75. The number of carbonyl (C=O) groups excluding carboxylic acids is 1. The Morgan fingerprint density at radius 2 is 1.97 bits per heavy atom. The van der Waals surface area contributed by atoms with Gasteiger partial charge in [0.1, 0.15) is 16.8 Å². The molecule has 0 fully saturated rings. The molecule has 0 saturated carbocycles. The molecule has 0 aliphatic heterocycles. The van der Waals surface area contributed by atoms with Crippen molar-refractivity contribution < 1.29 is 9.21 Å². The molecule has 0 spiro atoms. The number of fused-ring (bicyclic) bond motifs is 1. The number of furan rings is 1. The highest BCUT2D eigenvalue weighted by Crippen LogP contribution is 2.44. The molecule has 2 heterocycles. The minimum Gasteiger partial charge on any atom is -0.451 e. The van der Waals surface area contributed by atoms with Gasteiger partial charge in [0.2, 0.25) is 0 Å². The molecule has 1 amide bonds. The number of rotatable bonds is 3. The monoisotopic (exact) mass is 482 g/mol. The molecule has 3 aromatic rings. The fourth-order valence-electron chi connectivity index (χ4n) is 3.93.